The number of amides is 2. The van der Waals surface area contributed by atoms with Gasteiger partial charge in [-0.05, 0) is 6.42 Å². The maximum atomic E-state index is 11.3. The van der Waals surface area contributed by atoms with Crippen LogP contribution in [0.1, 0.15) is 39.0 Å². The number of hydrogen-bond donors (Lipinski definition) is 0. The number of nitrogens with zero attached hydrogens (tertiary/aromatic N) is 1. The molecule has 1 saturated heterocycles. The number of carboxylic acid groups (broad SMARTS) is 1. The van der Waals surface area contributed by atoms with Crippen molar-refractivity contribution in [2.75, 3.05) is 0 Å². The Hall–Kier alpha value is -1.39. The first-order valence-corrected chi connectivity index (χ1v) is 5.13. The van der Waals surface area contributed by atoms with Gasteiger partial charge in [-0.3, -0.25) is 14.5 Å². The van der Waals surface area contributed by atoms with Gasteiger partial charge < -0.3 is 9.90 Å². The molecule has 5 heteroatoms. The van der Waals surface area contributed by atoms with Crippen LogP contribution in [0, 0.1) is 0 Å². The third-order valence-corrected chi connectivity index (χ3v) is 2.50. The number of hydrogen-bond acceptors (Lipinski definition) is 4. The number of unbranched alkanes of at least 4 members (excludes halogenated alkanes) is 1. The molecule has 15 heavy (non-hydrogen) atoms. The van der Waals surface area contributed by atoms with E-state index in [9.17, 15) is 19.5 Å². The van der Waals surface area contributed by atoms with Gasteiger partial charge in [-0.2, -0.15) is 0 Å². The Kier molecular flexibility index (Phi) is 3.82. The normalized spacial score (nSPS) is 18.3. The van der Waals surface area contributed by atoms with Crippen LogP contribution >= 0.6 is 0 Å². The molecule has 0 aromatic carbocycles. The number of likely N-dealkylation sites (tertiary alicyclic amines) is 1. The van der Waals surface area contributed by atoms with Gasteiger partial charge in [-0.1, -0.05) is 19.8 Å². The van der Waals surface area contributed by atoms with Gasteiger partial charge in [-0.25, -0.2) is 0 Å². The second-order valence-electron chi connectivity index (χ2n) is 3.63. The van der Waals surface area contributed by atoms with Crippen LogP contribution in [0.2, 0.25) is 0 Å². The third kappa shape index (κ3) is 2.55. The van der Waals surface area contributed by atoms with Crippen LogP contribution in [0.5, 0.6) is 0 Å². The molecule has 1 atom stereocenters. The SMILES string of the molecule is CCCCC(C(=O)[O-])N1C(=O)CCC1=O. The van der Waals surface area contributed by atoms with Crippen LogP contribution in [-0.2, 0) is 14.4 Å². The van der Waals surface area contributed by atoms with Crippen LogP contribution in [0.15, 0.2) is 0 Å². The van der Waals surface area contributed by atoms with Gasteiger partial charge in [0, 0.05) is 12.8 Å². The van der Waals surface area contributed by atoms with E-state index in [1.165, 1.54) is 0 Å². The van der Waals surface area contributed by atoms with Crippen molar-refractivity contribution in [3.05, 3.63) is 0 Å². The standard InChI is InChI=1S/C10H15NO4/c1-2-3-4-7(10(14)15)11-8(12)5-6-9(11)13/h7H,2-6H2,1H3,(H,14,15)/p-1. The fourth-order valence-electron chi connectivity index (χ4n) is 1.69. The average Bonchev–Trinajstić information content (AvgIpc) is 2.49. The molecule has 1 rings (SSSR count). The maximum absolute atomic E-state index is 11.3. The van der Waals surface area contributed by atoms with E-state index < -0.39 is 23.8 Å². The molecule has 1 aliphatic rings. The number of carboxylic acids is 1. The molecule has 0 aliphatic carbocycles. The molecule has 0 N–H and O–H groups in total. The predicted molar refractivity (Wildman–Crippen MR) is 49.4 cm³/mol. The molecule has 1 aliphatic heterocycles. The molecule has 1 unspecified atom stereocenters. The fraction of sp³-hybridized carbons (Fsp3) is 0.700. The molecule has 0 radical (unpaired) electrons. The van der Waals surface area contributed by atoms with Crippen molar-refractivity contribution in [3.8, 4) is 0 Å². The molecule has 0 saturated carbocycles. The summed E-state index contributed by atoms with van der Waals surface area (Å²) < 4.78 is 0. The zero-order valence-corrected chi connectivity index (χ0v) is 8.69. The monoisotopic (exact) mass is 212 g/mol. The van der Waals surface area contributed by atoms with Crippen LogP contribution in [-0.4, -0.2) is 28.7 Å². The Bertz CT molecular complexity index is 271. The van der Waals surface area contributed by atoms with Gasteiger partial charge in [0.25, 0.3) is 0 Å². The quantitative estimate of drug-likeness (QED) is 0.572. The number of aliphatic carboxylic acids is 1. The minimum absolute atomic E-state index is 0.120. The molecule has 84 valence electrons. The molecular weight excluding hydrogens is 198 g/mol. The topological polar surface area (TPSA) is 77.5 Å². The first-order valence-electron chi connectivity index (χ1n) is 5.13. The summed E-state index contributed by atoms with van der Waals surface area (Å²) in [7, 11) is 0. The lowest BCUT2D eigenvalue weighted by Crippen LogP contribution is -2.50. The molecule has 0 aromatic heterocycles. The Balaban J connectivity index is 2.74. The van der Waals surface area contributed by atoms with Crippen molar-refractivity contribution >= 4 is 17.8 Å². The van der Waals surface area contributed by atoms with Crippen LogP contribution < -0.4 is 5.11 Å². The zero-order valence-electron chi connectivity index (χ0n) is 8.69. The molecular formula is C10H14NO4-. The smallest absolute Gasteiger partial charge is 0.230 e. The largest absolute Gasteiger partial charge is 0.548 e. The maximum Gasteiger partial charge on any atom is 0.230 e. The first-order chi connectivity index (χ1) is 7.07. The lowest BCUT2D eigenvalue weighted by molar-refractivity contribution is -0.311. The molecule has 5 nitrogen and oxygen atoms in total. The van der Waals surface area contributed by atoms with Crippen LogP contribution in [0.25, 0.3) is 0 Å². The average molecular weight is 212 g/mol. The summed E-state index contributed by atoms with van der Waals surface area (Å²) in [4.78, 5) is 34.3. The van der Waals surface area contributed by atoms with Crippen molar-refractivity contribution in [2.24, 2.45) is 0 Å². The highest BCUT2D eigenvalue weighted by molar-refractivity contribution is 6.04. The van der Waals surface area contributed by atoms with E-state index in [0.717, 1.165) is 11.3 Å². The number of rotatable bonds is 5. The van der Waals surface area contributed by atoms with Crippen molar-refractivity contribution in [3.63, 3.8) is 0 Å². The van der Waals surface area contributed by atoms with Gasteiger partial charge in [0.1, 0.15) is 0 Å². The highest BCUT2D eigenvalue weighted by atomic mass is 16.4. The number of carbonyl (C=O) groups is 3. The summed E-state index contributed by atoms with van der Waals surface area (Å²) in [6, 6.07) is -1.08. The molecule has 1 fully saturated rings. The van der Waals surface area contributed by atoms with E-state index in [-0.39, 0.29) is 19.3 Å². The minimum Gasteiger partial charge on any atom is -0.548 e. The molecule has 0 aromatic rings. The van der Waals surface area contributed by atoms with Crippen molar-refractivity contribution < 1.29 is 19.5 Å². The van der Waals surface area contributed by atoms with Crippen LogP contribution in [0.4, 0.5) is 0 Å². The number of imide groups is 1. The molecule has 0 spiro atoms. The van der Waals surface area contributed by atoms with Gasteiger partial charge >= 0.3 is 0 Å². The Morgan fingerprint density at radius 1 is 1.40 bits per heavy atom. The van der Waals surface area contributed by atoms with E-state index in [1.54, 1.807) is 0 Å². The second kappa shape index (κ2) is 4.91. The summed E-state index contributed by atoms with van der Waals surface area (Å²) in [6.45, 7) is 1.92. The van der Waals surface area contributed by atoms with E-state index in [4.69, 9.17) is 0 Å². The van der Waals surface area contributed by atoms with Crippen molar-refractivity contribution in [1.82, 2.24) is 4.90 Å². The van der Waals surface area contributed by atoms with Gasteiger partial charge in [-0.15, -0.1) is 0 Å². The Morgan fingerprint density at radius 2 is 1.93 bits per heavy atom. The van der Waals surface area contributed by atoms with Crippen molar-refractivity contribution in [1.29, 1.82) is 0 Å². The summed E-state index contributed by atoms with van der Waals surface area (Å²) in [6.07, 6.45) is 2.01. The fourth-order valence-corrected chi connectivity index (χ4v) is 1.69. The Labute approximate surface area is 88.1 Å². The van der Waals surface area contributed by atoms with Crippen LogP contribution in [0.3, 0.4) is 0 Å². The summed E-state index contributed by atoms with van der Waals surface area (Å²) in [5.74, 6) is -2.14. The van der Waals surface area contributed by atoms with Gasteiger partial charge in [0.05, 0.1) is 12.0 Å². The van der Waals surface area contributed by atoms with Crippen molar-refractivity contribution in [2.45, 2.75) is 45.1 Å². The van der Waals surface area contributed by atoms with Gasteiger partial charge in [0.15, 0.2) is 0 Å². The predicted octanol–water partition coefficient (Wildman–Crippen LogP) is -0.556. The highest BCUT2D eigenvalue weighted by Gasteiger charge is 2.35. The van der Waals surface area contributed by atoms with Gasteiger partial charge in [0.2, 0.25) is 11.8 Å². The lowest BCUT2D eigenvalue weighted by Gasteiger charge is -2.26. The summed E-state index contributed by atoms with van der Waals surface area (Å²) >= 11 is 0. The molecule has 2 amide bonds. The van der Waals surface area contributed by atoms with E-state index in [1.807, 2.05) is 6.92 Å². The van der Waals surface area contributed by atoms with E-state index in [0.29, 0.717) is 6.42 Å². The second-order valence-corrected chi connectivity index (χ2v) is 3.63. The Morgan fingerprint density at radius 3 is 2.33 bits per heavy atom. The number of carbonyl (C=O) groups excluding carboxylic acids is 3. The summed E-state index contributed by atoms with van der Waals surface area (Å²) in [5, 5.41) is 10.8. The highest BCUT2D eigenvalue weighted by Crippen LogP contribution is 2.18. The third-order valence-electron chi connectivity index (χ3n) is 2.50. The molecule has 1 heterocycles. The first kappa shape index (κ1) is 11.7. The summed E-state index contributed by atoms with van der Waals surface area (Å²) in [5.41, 5.74) is 0. The van der Waals surface area contributed by atoms with E-state index in [2.05, 4.69) is 0 Å². The molecule has 0 bridgehead atoms. The zero-order chi connectivity index (χ0) is 11.4. The minimum atomic E-state index is -1.34. The lowest BCUT2D eigenvalue weighted by atomic mass is 10.1. The van der Waals surface area contributed by atoms with E-state index >= 15 is 0 Å².